The number of benzene rings is 1. The summed E-state index contributed by atoms with van der Waals surface area (Å²) in [4.78, 5) is 36.9. The van der Waals surface area contributed by atoms with Crippen molar-refractivity contribution in [3.63, 3.8) is 0 Å². The Morgan fingerprint density at radius 3 is 2.41 bits per heavy atom. The predicted octanol–water partition coefficient (Wildman–Crippen LogP) is 2.42. The van der Waals surface area contributed by atoms with E-state index in [1.165, 1.54) is 0 Å². The number of carbonyl (C=O) groups excluding carboxylic acids is 2. The number of anilines is 2. The molecule has 1 saturated heterocycles. The lowest BCUT2D eigenvalue weighted by atomic mass is 10.1. The van der Waals surface area contributed by atoms with Crippen LogP contribution >= 0.6 is 11.6 Å². The summed E-state index contributed by atoms with van der Waals surface area (Å²) in [5.74, 6) is 0.108. The van der Waals surface area contributed by atoms with Crippen LogP contribution in [0.1, 0.15) is 17.5 Å². The van der Waals surface area contributed by atoms with Crippen LogP contribution in [0, 0.1) is 13.8 Å². The average Bonchev–Trinajstić information content (AvgIpc) is 2.65. The van der Waals surface area contributed by atoms with E-state index in [9.17, 15) is 9.59 Å². The number of hydrogen-bond acceptors (Lipinski definition) is 5. The van der Waals surface area contributed by atoms with Crippen LogP contribution in [-0.2, 0) is 9.59 Å². The molecule has 1 N–H and O–H groups in total. The zero-order chi connectivity index (χ0) is 19.4. The normalized spacial score (nSPS) is 14.2. The minimum absolute atomic E-state index is 0.193. The number of halogens is 1. The quantitative estimate of drug-likeness (QED) is 0.815. The summed E-state index contributed by atoms with van der Waals surface area (Å²) >= 11 is 6.21. The molecule has 1 aliphatic heterocycles. The molecule has 142 valence electrons. The molecule has 7 nitrogen and oxygen atoms in total. The van der Waals surface area contributed by atoms with Gasteiger partial charge in [-0.25, -0.2) is 9.97 Å². The van der Waals surface area contributed by atoms with E-state index in [1.807, 2.05) is 24.8 Å². The summed E-state index contributed by atoms with van der Waals surface area (Å²) in [7, 11) is 0. The van der Waals surface area contributed by atoms with E-state index >= 15 is 0 Å². The van der Waals surface area contributed by atoms with E-state index in [0.717, 1.165) is 11.1 Å². The molecule has 8 heteroatoms. The second-order valence-corrected chi connectivity index (χ2v) is 6.99. The number of nitrogens with zero attached hydrogens (tertiary/aromatic N) is 4. The average molecular weight is 388 g/mol. The molecule has 1 fully saturated rings. The van der Waals surface area contributed by atoms with Gasteiger partial charge in [0.05, 0.1) is 10.7 Å². The lowest BCUT2D eigenvalue weighted by Gasteiger charge is -2.34. The fourth-order valence-electron chi connectivity index (χ4n) is 3.12. The van der Waals surface area contributed by atoms with Crippen molar-refractivity contribution in [3.05, 3.63) is 46.7 Å². The lowest BCUT2D eigenvalue weighted by Crippen LogP contribution is -2.49. The van der Waals surface area contributed by atoms with Crippen molar-refractivity contribution in [3.8, 4) is 0 Å². The van der Waals surface area contributed by atoms with E-state index < -0.39 is 0 Å². The molecule has 0 unspecified atom stereocenters. The van der Waals surface area contributed by atoms with Gasteiger partial charge in [-0.3, -0.25) is 9.59 Å². The fraction of sp³-hybridized carbons (Fsp3) is 0.368. The summed E-state index contributed by atoms with van der Waals surface area (Å²) in [6, 6.07) is 5.50. The smallest absolute Gasteiger partial charge is 0.233 e. The van der Waals surface area contributed by atoms with Crippen LogP contribution in [-0.4, -0.2) is 52.9 Å². The Morgan fingerprint density at radius 1 is 1.11 bits per heavy atom. The number of aromatic nitrogens is 2. The molecule has 0 radical (unpaired) electrons. The third kappa shape index (κ3) is 4.74. The van der Waals surface area contributed by atoms with Gasteiger partial charge in [-0.1, -0.05) is 17.7 Å². The molecular weight excluding hydrogens is 366 g/mol. The standard InChI is InChI=1S/C19H22ClN5O2/c1-13-10-14(2)18(15(20)11-13)23-16(26)12-17(27)24-6-8-25(9-7-24)19-21-4-3-5-22-19/h3-5,10-11H,6-9,12H2,1-2H3,(H,23,26). The van der Waals surface area contributed by atoms with Crippen LogP contribution in [0.15, 0.2) is 30.6 Å². The minimum Gasteiger partial charge on any atom is -0.339 e. The Morgan fingerprint density at radius 2 is 1.78 bits per heavy atom. The molecule has 0 bridgehead atoms. The molecule has 1 aromatic carbocycles. The monoisotopic (exact) mass is 387 g/mol. The molecule has 1 aliphatic rings. The Bertz CT molecular complexity index is 812. The van der Waals surface area contributed by atoms with Gasteiger partial charge >= 0.3 is 0 Å². The molecule has 3 rings (SSSR count). The summed E-state index contributed by atoms with van der Waals surface area (Å²) in [5.41, 5.74) is 2.45. The summed E-state index contributed by atoms with van der Waals surface area (Å²) in [6.07, 6.45) is 3.19. The molecule has 2 amide bonds. The lowest BCUT2D eigenvalue weighted by molar-refractivity contribution is -0.134. The van der Waals surface area contributed by atoms with Gasteiger partial charge in [0.15, 0.2) is 0 Å². The second kappa shape index (κ2) is 8.35. The van der Waals surface area contributed by atoms with Gasteiger partial charge in [-0.05, 0) is 37.1 Å². The Kier molecular flexibility index (Phi) is 5.91. The number of nitrogens with one attached hydrogen (secondary N) is 1. The van der Waals surface area contributed by atoms with E-state index in [-0.39, 0.29) is 18.2 Å². The van der Waals surface area contributed by atoms with Crippen molar-refractivity contribution in [2.24, 2.45) is 0 Å². The van der Waals surface area contributed by atoms with Gasteiger partial charge in [0.1, 0.15) is 6.42 Å². The number of hydrogen-bond donors (Lipinski definition) is 1. The number of aryl methyl sites for hydroxylation is 2. The van der Waals surface area contributed by atoms with Crippen LogP contribution in [0.25, 0.3) is 0 Å². The van der Waals surface area contributed by atoms with Gasteiger partial charge in [-0.2, -0.15) is 0 Å². The number of rotatable bonds is 4. The van der Waals surface area contributed by atoms with Crippen LogP contribution in [0.3, 0.4) is 0 Å². The Balaban J connectivity index is 1.53. The highest BCUT2D eigenvalue weighted by atomic mass is 35.5. The Hall–Kier alpha value is -2.67. The maximum absolute atomic E-state index is 12.4. The van der Waals surface area contributed by atoms with Crippen molar-refractivity contribution < 1.29 is 9.59 Å². The molecule has 0 saturated carbocycles. The zero-order valence-electron chi connectivity index (χ0n) is 15.4. The van der Waals surface area contributed by atoms with Crippen molar-refractivity contribution in [2.45, 2.75) is 20.3 Å². The van der Waals surface area contributed by atoms with Crippen molar-refractivity contribution in [1.82, 2.24) is 14.9 Å². The molecule has 0 spiro atoms. The third-order valence-corrected chi connectivity index (χ3v) is 4.77. The van der Waals surface area contributed by atoms with Gasteiger partial charge in [0.25, 0.3) is 0 Å². The number of amides is 2. The zero-order valence-corrected chi connectivity index (χ0v) is 16.2. The molecule has 0 atom stereocenters. The highest BCUT2D eigenvalue weighted by Gasteiger charge is 2.24. The first-order valence-electron chi connectivity index (χ1n) is 8.80. The molecular formula is C19H22ClN5O2. The minimum atomic E-state index is -0.359. The Labute approximate surface area is 163 Å². The summed E-state index contributed by atoms with van der Waals surface area (Å²) in [6.45, 7) is 6.17. The van der Waals surface area contributed by atoms with E-state index in [0.29, 0.717) is 42.8 Å². The largest absolute Gasteiger partial charge is 0.339 e. The van der Waals surface area contributed by atoms with Crippen LogP contribution in [0.5, 0.6) is 0 Å². The van der Waals surface area contributed by atoms with E-state index in [4.69, 9.17) is 11.6 Å². The molecule has 2 aromatic rings. The summed E-state index contributed by atoms with van der Waals surface area (Å²) in [5, 5.41) is 3.24. The van der Waals surface area contributed by atoms with Crippen LogP contribution < -0.4 is 10.2 Å². The molecule has 2 heterocycles. The van der Waals surface area contributed by atoms with Gasteiger partial charge in [-0.15, -0.1) is 0 Å². The van der Waals surface area contributed by atoms with E-state index in [2.05, 4.69) is 15.3 Å². The first-order chi connectivity index (χ1) is 12.9. The number of carbonyl (C=O) groups is 2. The van der Waals surface area contributed by atoms with Crippen molar-refractivity contribution >= 4 is 35.1 Å². The van der Waals surface area contributed by atoms with Gasteiger partial charge in [0.2, 0.25) is 17.8 Å². The topological polar surface area (TPSA) is 78.4 Å². The van der Waals surface area contributed by atoms with Crippen LogP contribution in [0.2, 0.25) is 5.02 Å². The number of piperazine rings is 1. The van der Waals surface area contributed by atoms with Crippen LogP contribution in [0.4, 0.5) is 11.6 Å². The maximum Gasteiger partial charge on any atom is 0.233 e. The van der Waals surface area contributed by atoms with Gasteiger partial charge < -0.3 is 15.1 Å². The first-order valence-corrected chi connectivity index (χ1v) is 9.18. The molecule has 1 aromatic heterocycles. The maximum atomic E-state index is 12.4. The SMILES string of the molecule is Cc1cc(C)c(NC(=O)CC(=O)N2CCN(c3ncccn3)CC2)c(Cl)c1. The van der Waals surface area contributed by atoms with Gasteiger partial charge in [0, 0.05) is 38.6 Å². The first kappa shape index (κ1) is 19.1. The van der Waals surface area contributed by atoms with Crippen molar-refractivity contribution in [1.29, 1.82) is 0 Å². The second-order valence-electron chi connectivity index (χ2n) is 6.58. The molecule has 27 heavy (non-hydrogen) atoms. The highest BCUT2D eigenvalue weighted by molar-refractivity contribution is 6.34. The predicted molar refractivity (Wildman–Crippen MR) is 105 cm³/mol. The highest BCUT2D eigenvalue weighted by Crippen LogP contribution is 2.27. The fourth-order valence-corrected chi connectivity index (χ4v) is 3.49. The molecule has 0 aliphatic carbocycles. The van der Waals surface area contributed by atoms with Crippen molar-refractivity contribution in [2.75, 3.05) is 36.4 Å². The summed E-state index contributed by atoms with van der Waals surface area (Å²) < 4.78 is 0. The third-order valence-electron chi connectivity index (χ3n) is 4.48. The van der Waals surface area contributed by atoms with E-state index in [1.54, 1.807) is 29.4 Å².